The molecule has 0 saturated carbocycles. The molecule has 1 unspecified atom stereocenters. The van der Waals surface area contributed by atoms with Crippen LogP contribution in [0.5, 0.6) is 0 Å². The summed E-state index contributed by atoms with van der Waals surface area (Å²) >= 11 is 0. The van der Waals surface area contributed by atoms with Crippen molar-refractivity contribution in [3.05, 3.63) is 113 Å². The Morgan fingerprint density at radius 3 is 2.17 bits per heavy atom. The van der Waals surface area contributed by atoms with Gasteiger partial charge in [-0.15, -0.1) is 0 Å². The van der Waals surface area contributed by atoms with E-state index in [2.05, 4.69) is 10.3 Å². The van der Waals surface area contributed by atoms with Gasteiger partial charge in [0.05, 0.1) is 0 Å². The van der Waals surface area contributed by atoms with E-state index in [0.29, 0.717) is 16.5 Å². The average molecular weight is 383 g/mol. The Labute approximate surface area is 166 Å². The lowest BCUT2D eigenvalue weighted by Crippen LogP contribution is -2.42. The number of carbonyl (C=O) groups is 2. The fourth-order valence-electron chi connectivity index (χ4n) is 3.10. The lowest BCUT2D eigenvalue weighted by molar-refractivity contribution is 0.0813. The van der Waals surface area contributed by atoms with Crippen molar-refractivity contribution in [1.29, 1.82) is 0 Å². The predicted molar refractivity (Wildman–Crippen MR) is 110 cm³/mol. The second-order valence-electron chi connectivity index (χ2n) is 6.44. The molecule has 0 aliphatic carbocycles. The number of amides is 1. The zero-order valence-corrected chi connectivity index (χ0v) is 15.4. The van der Waals surface area contributed by atoms with Gasteiger partial charge in [0.15, 0.2) is 6.17 Å². The molecule has 4 rings (SSSR count). The second kappa shape index (κ2) is 7.90. The molecule has 0 fully saturated rings. The van der Waals surface area contributed by atoms with Crippen LogP contribution in [-0.4, -0.2) is 21.2 Å². The largest absolute Gasteiger partial charge is 0.325 e. The molecule has 0 radical (unpaired) electrons. The van der Waals surface area contributed by atoms with Gasteiger partial charge in [0.1, 0.15) is 5.52 Å². The molecule has 6 nitrogen and oxygen atoms in total. The Bertz CT molecular complexity index is 1230. The first-order valence-electron chi connectivity index (χ1n) is 9.06. The van der Waals surface area contributed by atoms with Crippen molar-refractivity contribution in [2.45, 2.75) is 6.17 Å². The van der Waals surface area contributed by atoms with E-state index < -0.39 is 23.4 Å². The third kappa shape index (κ3) is 3.68. The Balaban J connectivity index is 1.80. The molecular weight excluding hydrogens is 366 g/mol. The molecular formula is C23H17N3O3. The van der Waals surface area contributed by atoms with Gasteiger partial charge in [-0.05, 0) is 24.3 Å². The van der Waals surface area contributed by atoms with Gasteiger partial charge in [0.2, 0.25) is 5.78 Å². The van der Waals surface area contributed by atoms with Crippen LogP contribution in [0.1, 0.15) is 26.9 Å². The van der Waals surface area contributed by atoms with E-state index in [4.69, 9.17) is 0 Å². The number of pyridine rings is 2. The van der Waals surface area contributed by atoms with E-state index in [1.54, 1.807) is 78.9 Å². The fraction of sp³-hybridized carbons (Fsp3) is 0.0435. The second-order valence-corrected chi connectivity index (χ2v) is 6.44. The van der Waals surface area contributed by atoms with E-state index in [0.717, 1.165) is 0 Å². The molecule has 2 heterocycles. The van der Waals surface area contributed by atoms with Crippen molar-refractivity contribution in [3.8, 4) is 0 Å². The minimum Gasteiger partial charge on any atom is -0.325 e. The SMILES string of the molecule is O=C(NC(C(=O)c1ccccc1)n1ccc2cccnc2c1=O)c1ccccc1. The van der Waals surface area contributed by atoms with Crippen LogP contribution < -0.4 is 10.9 Å². The van der Waals surface area contributed by atoms with E-state index in [-0.39, 0.29) is 5.52 Å². The zero-order chi connectivity index (χ0) is 20.2. The summed E-state index contributed by atoms with van der Waals surface area (Å²) in [5.74, 6) is -0.847. The summed E-state index contributed by atoms with van der Waals surface area (Å²) in [7, 11) is 0. The standard InChI is InChI=1S/C23H17N3O3/c27-20(17-8-3-1-4-9-17)21(25-22(28)18-10-5-2-6-11-18)26-15-13-16-12-7-14-24-19(16)23(26)29/h1-15,21H,(H,25,28). The first-order chi connectivity index (χ1) is 14.1. The monoisotopic (exact) mass is 383 g/mol. The number of Topliss-reactive ketones (excluding diaryl/α,β-unsaturated/α-hetero) is 1. The quantitative estimate of drug-likeness (QED) is 0.537. The minimum absolute atomic E-state index is 0.231. The number of ketones is 1. The summed E-state index contributed by atoms with van der Waals surface area (Å²) in [5, 5.41) is 3.36. The fourth-order valence-corrected chi connectivity index (χ4v) is 3.10. The smallest absolute Gasteiger partial charge is 0.279 e. The Hall–Kier alpha value is -4.06. The van der Waals surface area contributed by atoms with Crippen LogP contribution in [0.2, 0.25) is 0 Å². The molecule has 0 aliphatic heterocycles. The van der Waals surface area contributed by atoms with Crippen molar-refractivity contribution in [2.75, 3.05) is 0 Å². The number of rotatable bonds is 5. The highest BCUT2D eigenvalue weighted by Gasteiger charge is 2.26. The highest BCUT2D eigenvalue weighted by Crippen LogP contribution is 2.14. The molecule has 2 aromatic heterocycles. The number of hydrogen-bond donors (Lipinski definition) is 1. The van der Waals surface area contributed by atoms with Crippen molar-refractivity contribution in [1.82, 2.24) is 14.9 Å². The maximum Gasteiger partial charge on any atom is 0.279 e. The Morgan fingerprint density at radius 1 is 0.828 bits per heavy atom. The van der Waals surface area contributed by atoms with E-state index >= 15 is 0 Å². The number of fused-ring (bicyclic) bond motifs is 1. The summed E-state index contributed by atoms with van der Waals surface area (Å²) in [6.07, 6.45) is 1.82. The van der Waals surface area contributed by atoms with Crippen LogP contribution in [0.15, 0.2) is 96.1 Å². The molecule has 2 aromatic carbocycles. The number of nitrogens with zero attached hydrogens (tertiary/aromatic N) is 2. The minimum atomic E-state index is -1.20. The lowest BCUT2D eigenvalue weighted by Gasteiger charge is -2.20. The Morgan fingerprint density at radius 2 is 1.48 bits per heavy atom. The molecule has 0 bridgehead atoms. The summed E-state index contributed by atoms with van der Waals surface area (Å²) in [6.45, 7) is 0. The molecule has 4 aromatic rings. The average Bonchev–Trinajstić information content (AvgIpc) is 2.79. The van der Waals surface area contributed by atoms with Gasteiger partial charge < -0.3 is 5.32 Å². The highest BCUT2D eigenvalue weighted by molar-refractivity contribution is 6.03. The Kier molecular flexibility index (Phi) is 4.99. The third-order valence-corrected chi connectivity index (χ3v) is 4.58. The number of nitrogens with one attached hydrogen (secondary N) is 1. The summed E-state index contributed by atoms with van der Waals surface area (Å²) in [5.41, 5.74) is 0.560. The van der Waals surface area contributed by atoms with Crippen molar-refractivity contribution in [3.63, 3.8) is 0 Å². The molecule has 1 N–H and O–H groups in total. The molecule has 1 amide bonds. The summed E-state index contributed by atoms with van der Waals surface area (Å²) in [6, 6.07) is 22.3. The predicted octanol–water partition coefficient (Wildman–Crippen LogP) is 3.21. The van der Waals surface area contributed by atoms with Crippen molar-refractivity contribution < 1.29 is 9.59 Å². The molecule has 0 aliphatic rings. The normalized spacial score (nSPS) is 11.7. The maximum atomic E-state index is 13.2. The molecule has 0 spiro atoms. The van der Waals surface area contributed by atoms with Gasteiger partial charge in [-0.1, -0.05) is 54.6 Å². The van der Waals surface area contributed by atoms with Crippen molar-refractivity contribution >= 4 is 22.6 Å². The van der Waals surface area contributed by atoms with Gasteiger partial charge in [0.25, 0.3) is 11.5 Å². The number of hydrogen-bond acceptors (Lipinski definition) is 4. The van der Waals surface area contributed by atoms with E-state index in [1.807, 2.05) is 0 Å². The van der Waals surface area contributed by atoms with Crippen LogP contribution in [0.4, 0.5) is 0 Å². The topological polar surface area (TPSA) is 81.1 Å². The first-order valence-corrected chi connectivity index (χ1v) is 9.06. The van der Waals surface area contributed by atoms with Gasteiger partial charge in [0, 0.05) is 28.9 Å². The molecule has 6 heteroatoms. The maximum absolute atomic E-state index is 13.2. The van der Waals surface area contributed by atoms with Gasteiger partial charge in [-0.3, -0.25) is 23.9 Å². The zero-order valence-electron chi connectivity index (χ0n) is 15.4. The van der Waals surface area contributed by atoms with Gasteiger partial charge in [-0.2, -0.15) is 0 Å². The molecule has 29 heavy (non-hydrogen) atoms. The summed E-state index contributed by atoms with van der Waals surface area (Å²) < 4.78 is 1.21. The van der Waals surface area contributed by atoms with E-state index in [9.17, 15) is 14.4 Å². The van der Waals surface area contributed by atoms with Crippen LogP contribution in [0.25, 0.3) is 10.9 Å². The molecule has 142 valence electrons. The third-order valence-electron chi connectivity index (χ3n) is 4.58. The molecule has 0 saturated heterocycles. The molecule has 1 atom stereocenters. The number of aromatic nitrogens is 2. The van der Waals surface area contributed by atoms with Crippen LogP contribution in [0.3, 0.4) is 0 Å². The first kappa shape index (κ1) is 18.3. The van der Waals surface area contributed by atoms with E-state index in [1.165, 1.54) is 17.0 Å². The number of carbonyl (C=O) groups excluding carboxylic acids is 2. The van der Waals surface area contributed by atoms with Crippen LogP contribution >= 0.6 is 0 Å². The van der Waals surface area contributed by atoms with Crippen LogP contribution in [-0.2, 0) is 0 Å². The highest BCUT2D eigenvalue weighted by atomic mass is 16.2. The number of benzene rings is 2. The van der Waals surface area contributed by atoms with Gasteiger partial charge in [-0.25, -0.2) is 0 Å². The lowest BCUT2D eigenvalue weighted by atomic mass is 10.1. The van der Waals surface area contributed by atoms with Gasteiger partial charge >= 0.3 is 0 Å². The van der Waals surface area contributed by atoms with Crippen LogP contribution in [0, 0.1) is 0 Å². The van der Waals surface area contributed by atoms with Crippen molar-refractivity contribution in [2.24, 2.45) is 0 Å². The summed E-state index contributed by atoms with van der Waals surface area (Å²) in [4.78, 5) is 43.1.